The summed E-state index contributed by atoms with van der Waals surface area (Å²) >= 11 is 0. The van der Waals surface area contributed by atoms with E-state index >= 15 is 0 Å². The van der Waals surface area contributed by atoms with E-state index in [9.17, 15) is 5.11 Å². The standard InChI is InChI=1S/C9H15NO/c1-3-7(2)9(11)8-4-5-10-6-8/h4-7,9-11H,3H2,1-2H3. The summed E-state index contributed by atoms with van der Waals surface area (Å²) in [6.07, 6.45) is 4.37. The minimum atomic E-state index is -0.314. The molecule has 2 unspecified atom stereocenters. The third kappa shape index (κ3) is 1.84. The van der Waals surface area contributed by atoms with Gasteiger partial charge in [-0.05, 0) is 17.5 Å². The lowest BCUT2D eigenvalue weighted by Gasteiger charge is -2.15. The predicted octanol–water partition coefficient (Wildman–Crippen LogP) is 2.09. The summed E-state index contributed by atoms with van der Waals surface area (Å²) in [5.74, 6) is 0.339. The van der Waals surface area contributed by atoms with Crippen molar-refractivity contribution in [3.8, 4) is 0 Å². The Bertz CT molecular complexity index is 193. The Balaban J connectivity index is 2.62. The van der Waals surface area contributed by atoms with Gasteiger partial charge in [0.15, 0.2) is 0 Å². The summed E-state index contributed by atoms with van der Waals surface area (Å²) in [5.41, 5.74) is 0.986. The molecule has 2 N–H and O–H groups in total. The molecule has 0 saturated heterocycles. The summed E-state index contributed by atoms with van der Waals surface area (Å²) in [6.45, 7) is 4.14. The van der Waals surface area contributed by atoms with Gasteiger partial charge in [0, 0.05) is 12.4 Å². The van der Waals surface area contributed by atoms with E-state index in [1.807, 2.05) is 18.5 Å². The second kappa shape index (κ2) is 3.58. The van der Waals surface area contributed by atoms with Crippen LogP contribution in [-0.4, -0.2) is 10.1 Å². The zero-order valence-corrected chi connectivity index (χ0v) is 7.04. The summed E-state index contributed by atoms with van der Waals surface area (Å²) < 4.78 is 0. The molecule has 0 spiro atoms. The maximum Gasteiger partial charge on any atom is 0.0829 e. The van der Waals surface area contributed by atoms with Crippen LogP contribution < -0.4 is 0 Å². The molecule has 1 aromatic heterocycles. The number of hydrogen-bond donors (Lipinski definition) is 2. The maximum absolute atomic E-state index is 9.66. The summed E-state index contributed by atoms with van der Waals surface area (Å²) in [7, 11) is 0. The van der Waals surface area contributed by atoms with Gasteiger partial charge in [0.25, 0.3) is 0 Å². The quantitative estimate of drug-likeness (QED) is 0.685. The van der Waals surface area contributed by atoms with Gasteiger partial charge in [-0.1, -0.05) is 20.3 Å². The first-order valence-electron chi connectivity index (χ1n) is 4.06. The highest BCUT2D eigenvalue weighted by molar-refractivity contribution is 5.12. The molecule has 0 aliphatic carbocycles. The fourth-order valence-electron chi connectivity index (χ4n) is 1.07. The van der Waals surface area contributed by atoms with E-state index in [4.69, 9.17) is 0 Å². The molecule has 0 aliphatic heterocycles. The first-order valence-corrected chi connectivity index (χ1v) is 4.06. The van der Waals surface area contributed by atoms with E-state index in [1.54, 1.807) is 0 Å². The zero-order chi connectivity index (χ0) is 8.27. The molecule has 0 saturated carbocycles. The first kappa shape index (κ1) is 8.34. The molecule has 2 nitrogen and oxygen atoms in total. The third-order valence-electron chi connectivity index (χ3n) is 2.15. The Kier molecular flexibility index (Phi) is 2.71. The van der Waals surface area contributed by atoms with Gasteiger partial charge in [-0.15, -0.1) is 0 Å². The molecule has 0 aromatic carbocycles. The lowest BCUT2D eigenvalue weighted by Crippen LogP contribution is -2.06. The van der Waals surface area contributed by atoms with Crippen LogP contribution in [0.3, 0.4) is 0 Å². The molecular weight excluding hydrogens is 138 g/mol. The van der Waals surface area contributed by atoms with Crippen LogP contribution in [0.4, 0.5) is 0 Å². The summed E-state index contributed by atoms with van der Waals surface area (Å²) in [4.78, 5) is 2.93. The van der Waals surface area contributed by atoms with Crippen molar-refractivity contribution in [2.45, 2.75) is 26.4 Å². The third-order valence-corrected chi connectivity index (χ3v) is 2.15. The molecule has 0 amide bonds. The van der Waals surface area contributed by atoms with Crippen molar-refractivity contribution < 1.29 is 5.11 Å². The van der Waals surface area contributed by atoms with Crippen LogP contribution in [0, 0.1) is 5.92 Å². The molecule has 0 bridgehead atoms. The highest BCUT2D eigenvalue weighted by Gasteiger charge is 2.13. The Labute approximate surface area is 67.3 Å². The maximum atomic E-state index is 9.66. The topological polar surface area (TPSA) is 36.0 Å². The molecule has 0 aliphatic rings. The lowest BCUT2D eigenvalue weighted by molar-refractivity contribution is 0.115. The smallest absolute Gasteiger partial charge is 0.0829 e. The monoisotopic (exact) mass is 153 g/mol. The van der Waals surface area contributed by atoms with Crippen molar-refractivity contribution in [3.63, 3.8) is 0 Å². The van der Waals surface area contributed by atoms with E-state index < -0.39 is 0 Å². The van der Waals surface area contributed by atoms with Gasteiger partial charge in [0.2, 0.25) is 0 Å². The van der Waals surface area contributed by atoms with Gasteiger partial charge in [-0.2, -0.15) is 0 Å². The second-order valence-electron chi connectivity index (χ2n) is 2.97. The minimum absolute atomic E-state index is 0.314. The van der Waals surface area contributed by atoms with Gasteiger partial charge in [0.1, 0.15) is 0 Å². The zero-order valence-electron chi connectivity index (χ0n) is 7.04. The SMILES string of the molecule is CCC(C)C(O)c1cc[nH]c1. The number of hydrogen-bond acceptors (Lipinski definition) is 1. The molecule has 2 atom stereocenters. The number of aliphatic hydroxyl groups is 1. The van der Waals surface area contributed by atoms with Gasteiger partial charge < -0.3 is 10.1 Å². The number of aliphatic hydroxyl groups excluding tert-OH is 1. The highest BCUT2D eigenvalue weighted by atomic mass is 16.3. The molecule has 62 valence electrons. The first-order chi connectivity index (χ1) is 5.25. The van der Waals surface area contributed by atoms with Crippen LogP contribution in [0.2, 0.25) is 0 Å². The largest absolute Gasteiger partial charge is 0.388 e. The van der Waals surface area contributed by atoms with Crippen molar-refractivity contribution in [1.82, 2.24) is 4.98 Å². The Morgan fingerprint density at radius 1 is 1.64 bits per heavy atom. The lowest BCUT2D eigenvalue weighted by atomic mass is 9.97. The summed E-state index contributed by atoms with van der Waals surface area (Å²) in [6, 6.07) is 1.91. The van der Waals surface area contributed by atoms with Crippen molar-refractivity contribution in [1.29, 1.82) is 0 Å². The average Bonchev–Trinajstić information content (AvgIpc) is 2.53. The van der Waals surface area contributed by atoms with E-state index in [-0.39, 0.29) is 6.10 Å². The van der Waals surface area contributed by atoms with Crippen LogP contribution in [0.15, 0.2) is 18.5 Å². The average molecular weight is 153 g/mol. The molecule has 0 fully saturated rings. The van der Waals surface area contributed by atoms with Crippen molar-refractivity contribution in [2.24, 2.45) is 5.92 Å². The van der Waals surface area contributed by atoms with Crippen molar-refractivity contribution >= 4 is 0 Å². The van der Waals surface area contributed by atoms with Crippen LogP contribution in [0.1, 0.15) is 31.9 Å². The number of nitrogens with one attached hydrogen (secondary N) is 1. The molecule has 0 radical (unpaired) electrons. The molecule has 1 aromatic rings. The van der Waals surface area contributed by atoms with Crippen LogP contribution >= 0.6 is 0 Å². The van der Waals surface area contributed by atoms with Crippen molar-refractivity contribution in [2.75, 3.05) is 0 Å². The molecule has 11 heavy (non-hydrogen) atoms. The van der Waals surface area contributed by atoms with Gasteiger partial charge in [-0.25, -0.2) is 0 Å². The van der Waals surface area contributed by atoms with Crippen molar-refractivity contribution in [3.05, 3.63) is 24.0 Å². The number of aromatic amines is 1. The molecular formula is C9H15NO. The predicted molar refractivity (Wildman–Crippen MR) is 45.2 cm³/mol. The minimum Gasteiger partial charge on any atom is -0.388 e. The number of aromatic nitrogens is 1. The van der Waals surface area contributed by atoms with Crippen LogP contribution in [0.5, 0.6) is 0 Å². The normalized spacial score (nSPS) is 16.3. The Morgan fingerprint density at radius 2 is 2.36 bits per heavy atom. The summed E-state index contributed by atoms with van der Waals surface area (Å²) in [5, 5.41) is 9.66. The fraction of sp³-hybridized carbons (Fsp3) is 0.556. The van der Waals surface area contributed by atoms with E-state index in [0.717, 1.165) is 12.0 Å². The van der Waals surface area contributed by atoms with Gasteiger partial charge >= 0.3 is 0 Å². The van der Waals surface area contributed by atoms with Crippen LogP contribution in [-0.2, 0) is 0 Å². The molecule has 2 heteroatoms. The Morgan fingerprint density at radius 3 is 2.82 bits per heavy atom. The van der Waals surface area contributed by atoms with Gasteiger partial charge in [-0.3, -0.25) is 0 Å². The number of H-pyrrole nitrogens is 1. The van der Waals surface area contributed by atoms with Gasteiger partial charge in [0.05, 0.1) is 6.10 Å². The van der Waals surface area contributed by atoms with E-state index in [2.05, 4.69) is 18.8 Å². The Hall–Kier alpha value is -0.760. The second-order valence-corrected chi connectivity index (χ2v) is 2.97. The van der Waals surface area contributed by atoms with Crippen LogP contribution in [0.25, 0.3) is 0 Å². The molecule has 1 rings (SSSR count). The van der Waals surface area contributed by atoms with E-state index in [1.165, 1.54) is 0 Å². The fourth-order valence-corrected chi connectivity index (χ4v) is 1.07. The number of rotatable bonds is 3. The highest BCUT2D eigenvalue weighted by Crippen LogP contribution is 2.22. The van der Waals surface area contributed by atoms with E-state index in [0.29, 0.717) is 5.92 Å². The molecule has 1 heterocycles.